The van der Waals surface area contributed by atoms with E-state index in [1.54, 1.807) is 18.2 Å². The first-order chi connectivity index (χ1) is 10.9. The zero-order chi connectivity index (χ0) is 17.0. The van der Waals surface area contributed by atoms with E-state index in [-0.39, 0.29) is 11.6 Å². The van der Waals surface area contributed by atoms with Gasteiger partial charge in [0.15, 0.2) is 0 Å². The lowest BCUT2D eigenvalue weighted by molar-refractivity contribution is -0.116. The number of aryl methyl sites for hydroxylation is 1. The average molecular weight is 317 g/mol. The van der Waals surface area contributed by atoms with E-state index in [1.807, 2.05) is 18.5 Å². The van der Waals surface area contributed by atoms with Crippen LogP contribution in [0.2, 0.25) is 0 Å². The molecule has 1 amide bonds. The summed E-state index contributed by atoms with van der Waals surface area (Å²) < 4.78 is 15.5. The maximum atomic E-state index is 13.5. The molecule has 1 aromatic carbocycles. The van der Waals surface area contributed by atoms with Gasteiger partial charge in [-0.3, -0.25) is 9.48 Å². The standard InChI is InChI=1S/C18H24FN3O/c1-12(2)11-22-14(4)15(13(3)21-22)9-10-18(23)20-17-8-6-5-7-16(17)19/h5-8,12H,9-11H2,1-4H3,(H,20,23). The highest BCUT2D eigenvalue weighted by molar-refractivity contribution is 5.90. The molecule has 2 aromatic rings. The van der Waals surface area contributed by atoms with Crippen LogP contribution in [0.3, 0.4) is 0 Å². The number of benzene rings is 1. The molecule has 1 heterocycles. The molecule has 0 aliphatic heterocycles. The Hall–Kier alpha value is -2.17. The van der Waals surface area contributed by atoms with Gasteiger partial charge in [-0.15, -0.1) is 0 Å². The Balaban J connectivity index is 1.99. The van der Waals surface area contributed by atoms with Crippen LogP contribution in [0.4, 0.5) is 10.1 Å². The van der Waals surface area contributed by atoms with E-state index in [0.717, 1.165) is 23.5 Å². The topological polar surface area (TPSA) is 46.9 Å². The van der Waals surface area contributed by atoms with Gasteiger partial charge < -0.3 is 5.32 Å². The van der Waals surface area contributed by atoms with Crippen molar-refractivity contribution in [1.82, 2.24) is 9.78 Å². The van der Waals surface area contributed by atoms with Crippen LogP contribution in [0.1, 0.15) is 37.2 Å². The maximum absolute atomic E-state index is 13.5. The predicted octanol–water partition coefficient (Wildman–Crippen LogP) is 3.87. The van der Waals surface area contributed by atoms with Crippen LogP contribution >= 0.6 is 0 Å². The molecule has 23 heavy (non-hydrogen) atoms. The lowest BCUT2D eigenvalue weighted by Gasteiger charge is -2.08. The number of nitrogens with one attached hydrogen (secondary N) is 1. The largest absolute Gasteiger partial charge is 0.324 e. The van der Waals surface area contributed by atoms with Crippen LogP contribution in [-0.4, -0.2) is 15.7 Å². The Bertz CT molecular complexity index is 692. The third kappa shape index (κ3) is 4.41. The van der Waals surface area contributed by atoms with Crippen molar-refractivity contribution in [2.24, 2.45) is 5.92 Å². The fourth-order valence-electron chi connectivity index (χ4n) is 2.63. The summed E-state index contributed by atoms with van der Waals surface area (Å²) in [5.74, 6) is -0.0892. The second-order valence-corrected chi connectivity index (χ2v) is 6.25. The SMILES string of the molecule is Cc1nn(CC(C)C)c(C)c1CCC(=O)Nc1ccccc1F. The molecule has 0 atom stereocenters. The van der Waals surface area contributed by atoms with Crippen molar-refractivity contribution in [1.29, 1.82) is 0 Å². The Morgan fingerprint density at radius 1 is 1.30 bits per heavy atom. The zero-order valence-electron chi connectivity index (χ0n) is 14.2. The summed E-state index contributed by atoms with van der Waals surface area (Å²) in [5.41, 5.74) is 3.40. The smallest absolute Gasteiger partial charge is 0.224 e. The molecule has 0 unspecified atom stereocenters. The van der Waals surface area contributed by atoms with Crippen LogP contribution in [0.25, 0.3) is 0 Å². The number of carbonyl (C=O) groups excluding carboxylic acids is 1. The van der Waals surface area contributed by atoms with Gasteiger partial charge in [0.05, 0.1) is 11.4 Å². The highest BCUT2D eigenvalue weighted by Crippen LogP contribution is 2.18. The monoisotopic (exact) mass is 317 g/mol. The highest BCUT2D eigenvalue weighted by atomic mass is 19.1. The summed E-state index contributed by atoms with van der Waals surface area (Å²) in [5, 5.41) is 7.17. The summed E-state index contributed by atoms with van der Waals surface area (Å²) in [4.78, 5) is 12.0. The van der Waals surface area contributed by atoms with E-state index < -0.39 is 5.82 Å². The minimum Gasteiger partial charge on any atom is -0.324 e. The number of halogens is 1. The summed E-state index contributed by atoms with van der Waals surface area (Å²) in [6.45, 7) is 9.17. The first-order valence-electron chi connectivity index (χ1n) is 7.95. The van der Waals surface area contributed by atoms with Gasteiger partial charge in [0.1, 0.15) is 5.82 Å². The Labute approximate surface area is 136 Å². The van der Waals surface area contributed by atoms with Crippen molar-refractivity contribution in [3.63, 3.8) is 0 Å². The number of aromatic nitrogens is 2. The third-order valence-electron chi connectivity index (χ3n) is 3.82. The summed E-state index contributed by atoms with van der Waals surface area (Å²) in [7, 11) is 0. The van der Waals surface area contributed by atoms with Crippen molar-refractivity contribution < 1.29 is 9.18 Å². The number of rotatable bonds is 6. The molecular weight excluding hydrogens is 293 g/mol. The molecule has 0 fully saturated rings. The number of nitrogens with zero attached hydrogens (tertiary/aromatic N) is 2. The van der Waals surface area contributed by atoms with Crippen molar-refractivity contribution in [2.75, 3.05) is 5.32 Å². The lowest BCUT2D eigenvalue weighted by Crippen LogP contribution is -2.14. The Kier molecular flexibility index (Phi) is 5.53. The zero-order valence-corrected chi connectivity index (χ0v) is 14.2. The van der Waals surface area contributed by atoms with Gasteiger partial charge >= 0.3 is 0 Å². The number of hydrogen-bond acceptors (Lipinski definition) is 2. The van der Waals surface area contributed by atoms with Gasteiger partial charge in [0.2, 0.25) is 5.91 Å². The van der Waals surface area contributed by atoms with Gasteiger partial charge in [-0.2, -0.15) is 5.10 Å². The van der Waals surface area contributed by atoms with Gasteiger partial charge in [0, 0.05) is 18.7 Å². The van der Waals surface area contributed by atoms with Crippen LogP contribution in [0.15, 0.2) is 24.3 Å². The molecular formula is C18H24FN3O. The third-order valence-corrected chi connectivity index (χ3v) is 3.82. The van der Waals surface area contributed by atoms with Crippen molar-refractivity contribution in [3.8, 4) is 0 Å². The molecule has 0 aliphatic carbocycles. The van der Waals surface area contributed by atoms with Gasteiger partial charge in [-0.1, -0.05) is 26.0 Å². The van der Waals surface area contributed by atoms with Crippen molar-refractivity contribution >= 4 is 11.6 Å². The molecule has 0 radical (unpaired) electrons. The maximum Gasteiger partial charge on any atom is 0.224 e. The number of hydrogen-bond donors (Lipinski definition) is 1. The normalized spacial score (nSPS) is 11.0. The van der Waals surface area contributed by atoms with Crippen molar-refractivity contribution in [3.05, 3.63) is 47.0 Å². The van der Waals surface area contributed by atoms with Gasteiger partial charge in [-0.05, 0) is 43.9 Å². The van der Waals surface area contributed by atoms with Crippen LogP contribution < -0.4 is 5.32 Å². The Morgan fingerprint density at radius 3 is 2.65 bits per heavy atom. The Morgan fingerprint density at radius 2 is 2.00 bits per heavy atom. The number of para-hydroxylation sites is 1. The highest BCUT2D eigenvalue weighted by Gasteiger charge is 2.14. The molecule has 4 nitrogen and oxygen atoms in total. The van der Waals surface area contributed by atoms with Crippen molar-refractivity contribution in [2.45, 2.75) is 47.1 Å². The number of anilines is 1. The molecule has 124 valence electrons. The first kappa shape index (κ1) is 17.2. The second kappa shape index (κ2) is 7.40. The molecule has 0 saturated carbocycles. The van der Waals surface area contributed by atoms with E-state index in [2.05, 4.69) is 24.3 Å². The molecule has 1 N–H and O–H groups in total. The molecule has 0 aliphatic rings. The molecule has 0 saturated heterocycles. The van der Waals surface area contributed by atoms with E-state index in [4.69, 9.17) is 0 Å². The number of amides is 1. The quantitative estimate of drug-likeness (QED) is 0.879. The minimum absolute atomic E-state index is 0.189. The van der Waals surface area contributed by atoms with E-state index >= 15 is 0 Å². The van der Waals surface area contributed by atoms with Crippen LogP contribution in [0, 0.1) is 25.6 Å². The van der Waals surface area contributed by atoms with Gasteiger partial charge in [0.25, 0.3) is 0 Å². The second-order valence-electron chi connectivity index (χ2n) is 6.25. The summed E-state index contributed by atoms with van der Waals surface area (Å²) in [6.07, 6.45) is 0.916. The molecule has 1 aromatic heterocycles. The van der Waals surface area contributed by atoms with Gasteiger partial charge in [-0.25, -0.2) is 4.39 Å². The van der Waals surface area contributed by atoms with E-state index in [9.17, 15) is 9.18 Å². The molecule has 2 rings (SSSR count). The first-order valence-corrected chi connectivity index (χ1v) is 7.95. The lowest BCUT2D eigenvalue weighted by atomic mass is 10.1. The van der Waals surface area contributed by atoms with Crippen LogP contribution in [-0.2, 0) is 17.8 Å². The summed E-state index contributed by atoms with van der Waals surface area (Å²) in [6, 6.07) is 6.19. The van der Waals surface area contributed by atoms with Crippen LogP contribution in [0.5, 0.6) is 0 Å². The average Bonchev–Trinajstić information content (AvgIpc) is 2.73. The molecule has 0 spiro atoms. The molecule has 5 heteroatoms. The summed E-state index contributed by atoms with van der Waals surface area (Å²) >= 11 is 0. The minimum atomic E-state index is -0.419. The van der Waals surface area contributed by atoms with E-state index in [0.29, 0.717) is 18.8 Å². The fourth-order valence-corrected chi connectivity index (χ4v) is 2.63. The molecule has 0 bridgehead atoms. The number of carbonyl (C=O) groups is 1. The predicted molar refractivity (Wildman–Crippen MR) is 89.9 cm³/mol. The van der Waals surface area contributed by atoms with E-state index in [1.165, 1.54) is 6.07 Å². The fraction of sp³-hybridized carbons (Fsp3) is 0.444.